The van der Waals surface area contributed by atoms with E-state index in [0.717, 1.165) is 51.0 Å². The first-order chi connectivity index (χ1) is 16.8. The molecule has 1 unspecified atom stereocenters. The molecule has 1 aliphatic heterocycles. The summed E-state index contributed by atoms with van der Waals surface area (Å²) in [6.45, 7) is 8.25. The van der Waals surface area contributed by atoms with Crippen LogP contribution < -0.4 is 0 Å². The van der Waals surface area contributed by atoms with Gasteiger partial charge in [0.15, 0.2) is 0 Å². The molecular formula is C28H37Cl2N3O2. The van der Waals surface area contributed by atoms with Gasteiger partial charge in [0.05, 0.1) is 10.0 Å². The van der Waals surface area contributed by atoms with Crippen LogP contribution in [0.2, 0.25) is 10.0 Å². The van der Waals surface area contributed by atoms with Crippen LogP contribution >= 0.6 is 23.2 Å². The first-order valence-electron chi connectivity index (χ1n) is 12.6. The van der Waals surface area contributed by atoms with E-state index < -0.39 is 0 Å². The van der Waals surface area contributed by atoms with Crippen molar-refractivity contribution in [3.05, 3.63) is 69.7 Å². The van der Waals surface area contributed by atoms with Gasteiger partial charge >= 0.3 is 0 Å². The van der Waals surface area contributed by atoms with Gasteiger partial charge in [-0.25, -0.2) is 0 Å². The van der Waals surface area contributed by atoms with E-state index in [2.05, 4.69) is 11.8 Å². The molecule has 0 N–H and O–H groups in total. The Morgan fingerprint density at radius 2 is 1.71 bits per heavy atom. The Morgan fingerprint density at radius 1 is 1.03 bits per heavy atom. The molecule has 2 amide bonds. The summed E-state index contributed by atoms with van der Waals surface area (Å²) in [7, 11) is 1.86. The third kappa shape index (κ3) is 7.45. The van der Waals surface area contributed by atoms with E-state index in [-0.39, 0.29) is 17.7 Å². The molecule has 0 saturated carbocycles. The number of piperidine rings is 1. The predicted molar refractivity (Wildman–Crippen MR) is 144 cm³/mol. The Bertz CT molecular complexity index is 977. The van der Waals surface area contributed by atoms with Crippen LogP contribution in [0.4, 0.5) is 0 Å². The van der Waals surface area contributed by atoms with E-state index in [1.165, 1.54) is 0 Å². The minimum atomic E-state index is 0.0109. The van der Waals surface area contributed by atoms with Gasteiger partial charge in [0.1, 0.15) is 0 Å². The molecule has 7 heteroatoms. The highest BCUT2D eigenvalue weighted by atomic mass is 35.5. The molecule has 0 aliphatic carbocycles. The molecule has 2 aromatic carbocycles. The number of carbonyl (C=O) groups excluding carboxylic acids is 2. The average Bonchev–Trinajstić information content (AvgIpc) is 2.89. The number of carbonyl (C=O) groups is 2. The smallest absolute Gasteiger partial charge is 0.253 e. The second kappa shape index (κ2) is 13.3. The minimum absolute atomic E-state index is 0.0109. The Hall–Kier alpha value is -2.08. The Kier molecular flexibility index (Phi) is 10.4. The molecule has 1 saturated heterocycles. The molecule has 0 spiro atoms. The van der Waals surface area contributed by atoms with E-state index in [4.69, 9.17) is 23.2 Å². The number of benzene rings is 2. The Morgan fingerprint density at radius 3 is 2.31 bits per heavy atom. The SMILES string of the molecule is CCC(=O)N(CC)C1CCN(CCC(CN(C)C(=O)c2ccccc2)c2ccc(Cl)c(Cl)c2)CC1. The summed E-state index contributed by atoms with van der Waals surface area (Å²) in [6.07, 6.45) is 3.47. The fourth-order valence-corrected chi connectivity index (χ4v) is 5.29. The molecule has 1 fully saturated rings. The maximum Gasteiger partial charge on any atom is 0.253 e. The average molecular weight is 519 g/mol. The third-order valence-electron chi connectivity index (χ3n) is 7.03. The number of hydrogen-bond acceptors (Lipinski definition) is 3. The summed E-state index contributed by atoms with van der Waals surface area (Å²) in [5, 5.41) is 1.07. The van der Waals surface area contributed by atoms with Crippen molar-refractivity contribution in [2.45, 2.75) is 51.5 Å². The second-order valence-electron chi connectivity index (χ2n) is 9.32. The molecule has 1 aliphatic rings. The lowest BCUT2D eigenvalue weighted by Gasteiger charge is -2.38. The minimum Gasteiger partial charge on any atom is -0.341 e. The number of rotatable bonds is 10. The van der Waals surface area contributed by atoms with Crippen molar-refractivity contribution < 1.29 is 9.59 Å². The number of nitrogens with zero attached hydrogens (tertiary/aromatic N) is 3. The fraction of sp³-hybridized carbons (Fsp3) is 0.500. The number of hydrogen-bond donors (Lipinski definition) is 0. The van der Waals surface area contributed by atoms with E-state index >= 15 is 0 Å². The molecule has 35 heavy (non-hydrogen) atoms. The topological polar surface area (TPSA) is 43.9 Å². The highest BCUT2D eigenvalue weighted by Crippen LogP contribution is 2.30. The molecule has 0 aromatic heterocycles. The first-order valence-corrected chi connectivity index (χ1v) is 13.4. The fourth-order valence-electron chi connectivity index (χ4n) is 4.98. The van der Waals surface area contributed by atoms with Crippen LogP contribution in [0.25, 0.3) is 0 Å². The highest BCUT2D eigenvalue weighted by Gasteiger charge is 2.27. The van der Waals surface area contributed by atoms with Crippen molar-refractivity contribution >= 4 is 35.0 Å². The highest BCUT2D eigenvalue weighted by molar-refractivity contribution is 6.42. The van der Waals surface area contributed by atoms with Crippen LogP contribution in [0, 0.1) is 0 Å². The van der Waals surface area contributed by atoms with Gasteiger partial charge in [0.25, 0.3) is 5.91 Å². The van der Waals surface area contributed by atoms with Crippen LogP contribution in [0.5, 0.6) is 0 Å². The standard InChI is InChI=1S/C28H37Cl2N3O2/c1-4-27(34)33(5-2)24-14-17-32(18-15-24)16-13-23(22-11-12-25(29)26(30)19-22)20-31(3)28(35)21-9-7-6-8-10-21/h6-12,19,23-24H,4-5,13-18,20H2,1-3H3. The van der Waals surface area contributed by atoms with Gasteiger partial charge < -0.3 is 14.7 Å². The Labute approximate surface area is 220 Å². The lowest BCUT2D eigenvalue weighted by atomic mass is 9.93. The third-order valence-corrected chi connectivity index (χ3v) is 7.77. The van der Waals surface area contributed by atoms with Crippen molar-refractivity contribution in [1.29, 1.82) is 0 Å². The van der Waals surface area contributed by atoms with E-state index in [1.807, 2.05) is 67.4 Å². The molecule has 3 rings (SSSR count). The second-order valence-corrected chi connectivity index (χ2v) is 10.1. The maximum atomic E-state index is 13.0. The van der Waals surface area contributed by atoms with Gasteiger partial charge in [-0.3, -0.25) is 9.59 Å². The summed E-state index contributed by atoms with van der Waals surface area (Å²) in [5.41, 5.74) is 1.78. The van der Waals surface area contributed by atoms with Crippen molar-refractivity contribution in [1.82, 2.24) is 14.7 Å². The zero-order valence-electron chi connectivity index (χ0n) is 21.1. The van der Waals surface area contributed by atoms with Crippen molar-refractivity contribution in [3.63, 3.8) is 0 Å². The lowest BCUT2D eigenvalue weighted by molar-refractivity contribution is -0.133. The van der Waals surface area contributed by atoms with Crippen LogP contribution in [0.3, 0.4) is 0 Å². The van der Waals surface area contributed by atoms with Crippen molar-refractivity contribution in [3.8, 4) is 0 Å². The molecule has 1 atom stereocenters. The van der Waals surface area contributed by atoms with Crippen LogP contribution in [0.1, 0.15) is 61.4 Å². The maximum absolute atomic E-state index is 13.0. The molecular weight excluding hydrogens is 481 g/mol. The van der Waals surface area contributed by atoms with Gasteiger partial charge in [0.2, 0.25) is 5.91 Å². The monoisotopic (exact) mass is 517 g/mol. The van der Waals surface area contributed by atoms with E-state index in [0.29, 0.717) is 34.6 Å². The van der Waals surface area contributed by atoms with Crippen LogP contribution in [0.15, 0.2) is 48.5 Å². The molecule has 190 valence electrons. The van der Waals surface area contributed by atoms with Gasteiger partial charge in [-0.2, -0.15) is 0 Å². The summed E-state index contributed by atoms with van der Waals surface area (Å²) < 4.78 is 0. The summed E-state index contributed by atoms with van der Waals surface area (Å²) in [6, 6.07) is 15.5. The molecule has 5 nitrogen and oxygen atoms in total. The van der Waals surface area contributed by atoms with Crippen LogP contribution in [-0.2, 0) is 4.79 Å². The number of halogens is 2. The zero-order valence-corrected chi connectivity index (χ0v) is 22.6. The lowest BCUT2D eigenvalue weighted by Crippen LogP contribution is -2.47. The zero-order chi connectivity index (χ0) is 25.4. The number of amides is 2. The van der Waals surface area contributed by atoms with E-state index in [1.54, 1.807) is 4.90 Å². The quantitative estimate of drug-likeness (QED) is 0.390. The van der Waals surface area contributed by atoms with Gasteiger partial charge in [-0.1, -0.05) is 54.4 Å². The normalized spacial score (nSPS) is 15.6. The molecule has 1 heterocycles. The summed E-state index contributed by atoms with van der Waals surface area (Å²) in [5.74, 6) is 0.391. The van der Waals surface area contributed by atoms with Crippen molar-refractivity contribution in [2.75, 3.05) is 39.8 Å². The number of likely N-dealkylation sites (N-methyl/N-ethyl adjacent to an activating group) is 1. The van der Waals surface area contributed by atoms with Crippen LogP contribution in [-0.4, -0.2) is 72.3 Å². The van der Waals surface area contributed by atoms with Gasteiger partial charge in [0, 0.05) is 57.2 Å². The van der Waals surface area contributed by atoms with Gasteiger partial charge in [-0.05, 0) is 62.6 Å². The number of likely N-dealkylation sites (tertiary alicyclic amines) is 1. The summed E-state index contributed by atoms with van der Waals surface area (Å²) in [4.78, 5) is 31.6. The largest absolute Gasteiger partial charge is 0.341 e. The van der Waals surface area contributed by atoms with Gasteiger partial charge in [-0.15, -0.1) is 0 Å². The van der Waals surface area contributed by atoms with Crippen molar-refractivity contribution in [2.24, 2.45) is 0 Å². The summed E-state index contributed by atoms with van der Waals surface area (Å²) >= 11 is 12.5. The molecule has 2 aromatic rings. The van der Waals surface area contributed by atoms with E-state index in [9.17, 15) is 9.59 Å². The molecule has 0 bridgehead atoms. The predicted octanol–water partition coefficient (Wildman–Crippen LogP) is 5.96. The first kappa shape index (κ1) is 27.5. The Balaban J connectivity index is 1.65. The molecule has 0 radical (unpaired) electrons.